The fraction of sp³-hybridized carbons (Fsp3) is 0.824. The van der Waals surface area contributed by atoms with E-state index < -0.39 is 55.5 Å². The van der Waals surface area contributed by atoms with Crippen molar-refractivity contribution in [3.8, 4) is 0 Å². The number of nitrogens with zero attached hydrogens (tertiary/aromatic N) is 1. The molecule has 208 valence electrons. The van der Waals surface area contributed by atoms with E-state index >= 15 is 0 Å². The second kappa shape index (κ2) is 11.2. The predicted molar refractivity (Wildman–Crippen MR) is 102 cm³/mol. The molecule has 0 fully saturated rings. The fourth-order valence-electron chi connectivity index (χ4n) is 2.32. The van der Waals surface area contributed by atoms with E-state index in [-0.39, 0.29) is 5.11 Å². The van der Waals surface area contributed by atoms with E-state index in [1.54, 1.807) is 6.08 Å². The third kappa shape index (κ3) is 7.47. The molecular formula is C17H23F13N3OS+. The molecule has 0 bridgehead atoms. The Hall–Kier alpha value is -1.56. The Labute approximate surface area is 197 Å². The molecule has 35 heavy (non-hydrogen) atoms. The maximum Gasteiger partial charge on any atom is 0.460 e. The number of hydrogen-bond acceptors (Lipinski definition) is 2. The number of nitrogens with one attached hydrogen (secondary N) is 2. The Morgan fingerprint density at radius 2 is 1.31 bits per heavy atom. The lowest BCUT2D eigenvalue weighted by Crippen LogP contribution is -2.70. The highest BCUT2D eigenvalue weighted by molar-refractivity contribution is 7.80. The van der Waals surface area contributed by atoms with Crippen molar-refractivity contribution in [2.45, 2.75) is 42.2 Å². The van der Waals surface area contributed by atoms with E-state index in [2.05, 4.69) is 21.9 Å². The topological polar surface area (TPSA) is 33.3 Å². The van der Waals surface area contributed by atoms with Crippen LogP contribution in [-0.4, -0.2) is 92.5 Å². The summed E-state index contributed by atoms with van der Waals surface area (Å²) in [6.07, 6.45) is -8.20. The van der Waals surface area contributed by atoms with Crippen molar-refractivity contribution in [1.82, 2.24) is 10.6 Å². The molecule has 0 rings (SSSR count). The van der Waals surface area contributed by atoms with Crippen LogP contribution in [0, 0.1) is 0 Å². The van der Waals surface area contributed by atoms with Crippen molar-refractivity contribution in [1.29, 1.82) is 0 Å². The number of likely N-dealkylation sites (N-methyl/N-ethyl adjacent to an activating group) is 1. The summed E-state index contributed by atoms with van der Waals surface area (Å²) in [5, 5.41) is 4.84. The molecule has 2 N–H and O–H groups in total. The lowest BCUT2D eigenvalue weighted by molar-refractivity contribution is -0.883. The standard InChI is InChI=1S/C17H22F13N3OS/c1-4-7-33(2,3)8-6-31-11(35)32-10-34-9-5-12(18,19)13(20,21)14(22,23)15(24,25)16(26,27)17(28,29)30/h4H,1,5-10H2,2-3H3,(H-,31,32,35)/p+1. The summed E-state index contributed by atoms with van der Waals surface area (Å²) in [5.74, 6) is -36.9. The normalized spacial score (nSPS) is 14.6. The van der Waals surface area contributed by atoms with Gasteiger partial charge in [0, 0.05) is 6.42 Å². The van der Waals surface area contributed by atoms with Gasteiger partial charge in [-0.3, -0.25) is 0 Å². The molecule has 0 aliphatic heterocycles. The van der Waals surface area contributed by atoms with Crippen molar-refractivity contribution in [3.05, 3.63) is 12.7 Å². The molecule has 0 atom stereocenters. The van der Waals surface area contributed by atoms with E-state index in [9.17, 15) is 57.1 Å². The van der Waals surface area contributed by atoms with Gasteiger partial charge in [-0.1, -0.05) is 6.58 Å². The van der Waals surface area contributed by atoms with Crippen LogP contribution in [0.1, 0.15) is 6.42 Å². The van der Waals surface area contributed by atoms with Crippen LogP contribution in [0.2, 0.25) is 0 Å². The second-order valence-electron chi connectivity index (χ2n) is 7.87. The molecule has 0 aromatic heterocycles. The van der Waals surface area contributed by atoms with E-state index in [0.29, 0.717) is 24.1 Å². The molecule has 0 amide bonds. The molecule has 0 radical (unpaired) electrons. The summed E-state index contributed by atoms with van der Waals surface area (Å²) in [6, 6.07) is 0. The first kappa shape index (κ1) is 33.4. The Balaban J connectivity index is 4.97. The first-order valence-corrected chi connectivity index (χ1v) is 9.80. The molecular weight excluding hydrogens is 541 g/mol. The van der Waals surface area contributed by atoms with Crippen molar-refractivity contribution in [2.24, 2.45) is 0 Å². The summed E-state index contributed by atoms with van der Waals surface area (Å²) in [5.41, 5.74) is 0. The number of thiocarbonyl (C=S) groups is 1. The lowest BCUT2D eigenvalue weighted by Gasteiger charge is -2.39. The van der Waals surface area contributed by atoms with Gasteiger partial charge in [0.1, 0.15) is 6.73 Å². The quantitative estimate of drug-likeness (QED) is 0.0793. The first-order valence-electron chi connectivity index (χ1n) is 9.39. The van der Waals surface area contributed by atoms with Gasteiger partial charge >= 0.3 is 35.8 Å². The van der Waals surface area contributed by atoms with Gasteiger partial charge in [0.15, 0.2) is 5.11 Å². The average Bonchev–Trinajstić information content (AvgIpc) is 2.65. The molecule has 0 saturated carbocycles. The van der Waals surface area contributed by atoms with E-state index in [1.165, 1.54) is 0 Å². The van der Waals surface area contributed by atoms with Gasteiger partial charge in [0.25, 0.3) is 0 Å². The molecule has 0 aliphatic carbocycles. The Morgan fingerprint density at radius 1 is 0.829 bits per heavy atom. The summed E-state index contributed by atoms with van der Waals surface area (Å²) >= 11 is 4.80. The van der Waals surface area contributed by atoms with Crippen molar-refractivity contribution < 1.29 is 66.3 Å². The summed E-state index contributed by atoms with van der Waals surface area (Å²) in [6.45, 7) is 2.77. The monoisotopic (exact) mass is 564 g/mol. The highest BCUT2D eigenvalue weighted by Gasteiger charge is 2.90. The van der Waals surface area contributed by atoms with Crippen molar-refractivity contribution in [2.75, 3.05) is 47.1 Å². The van der Waals surface area contributed by atoms with Crippen LogP contribution in [0.25, 0.3) is 0 Å². The smallest absolute Gasteiger partial charge is 0.361 e. The van der Waals surface area contributed by atoms with E-state index in [0.717, 1.165) is 0 Å². The van der Waals surface area contributed by atoms with Crippen LogP contribution in [0.4, 0.5) is 57.1 Å². The van der Waals surface area contributed by atoms with Gasteiger partial charge in [0.05, 0.1) is 40.3 Å². The zero-order valence-electron chi connectivity index (χ0n) is 18.2. The maximum absolute atomic E-state index is 13.6. The van der Waals surface area contributed by atoms with Gasteiger partial charge in [-0.05, 0) is 18.3 Å². The van der Waals surface area contributed by atoms with Gasteiger partial charge < -0.3 is 19.9 Å². The Morgan fingerprint density at radius 3 is 1.77 bits per heavy atom. The van der Waals surface area contributed by atoms with Gasteiger partial charge in [-0.2, -0.15) is 57.1 Å². The van der Waals surface area contributed by atoms with Gasteiger partial charge in [0.2, 0.25) is 0 Å². The minimum atomic E-state index is -7.91. The van der Waals surface area contributed by atoms with Crippen LogP contribution in [0.5, 0.6) is 0 Å². The molecule has 0 aromatic rings. The number of alkyl halides is 13. The minimum absolute atomic E-state index is 0.0961. The van der Waals surface area contributed by atoms with Gasteiger partial charge in [-0.15, -0.1) is 0 Å². The Kier molecular flexibility index (Phi) is 10.7. The molecule has 0 unspecified atom stereocenters. The molecule has 18 heteroatoms. The van der Waals surface area contributed by atoms with Crippen LogP contribution < -0.4 is 10.6 Å². The number of quaternary nitrogens is 1. The summed E-state index contributed by atoms with van der Waals surface area (Å²) in [4.78, 5) is 0. The zero-order chi connectivity index (χ0) is 28.1. The molecule has 0 heterocycles. The number of rotatable bonds is 14. The lowest BCUT2D eigenvalue weighted by atomic mass is 9.93. The second-order valence-corrected chi connectivity index (χ2v) is 8.27. The predicted octanol–water partition coefficient (Wildman–Crippen LogP) is 4.82. The molecule has 0 saturated heterocycles. The number of halogens is 13. The van der Waals surface area contributed by atoms with Crippen LogP contribution in [0.3, 0.4) is 0 Å². The SMILES string of the molecule is C=CC[N+](C)(C)CCNC(=S)NCOCCC(F)(F)C(F)(F)C(F)(F)C(F)(F)C(F)(F)C(F)(F)F. The van der Waals surface area contributed by atoms with Crippen LogP contribution in [-0.2, 0) is 4.74 Å². The Bertz CT molecular complexity index is 726. The molecule has 4 nitrogen and oxygen atoms in total. The molecule has 0 aliphatic rings. The zero-order valence-corrected chi connectivity index (χ0v) is 19.0. The van der Waals surface area contributed by atoms with Gasteiger partial charge in [-0.25, -0.2) is 0 Å². The van der Waals surface area contributed by atoms with E-state index in [1.807, 2.05) is 14.1 Å². The number of ether oxygens (including phenoxy) is 1. The van der Waals surface area contributed by atoms with Crippen LogP contribution in [0.15, 0.2) is 12.7 Å². The fourth-order valence-corrected chi connectivity index (χ4v) is 2.48. The minimum Gasteiger partial charge on any atom is -0.361 e. The first-order chi connectivity index (χ1) is 15.4. The van der Waals surface area contributed by atoms with Crippen molar-refractivity contribution >= 4 is 17.3 Å². The third-order valence-corrected chi connectivity index (χ3v) is 4.81. The summed E-state index contributed by atoms with van der Waals surface area (Å²) in [7, 11) is 3.73. The third-order valence-electron chi connectivity index (χ3n) is 4.52. The summed E-state index contributed by atoms with van der Waals surface area (Å²) < 4.78 is 174. The highest BCUT2D eigenvalue weighted by atomic mass is 32.1. The van der Waals surface area contributed by atoms with Crippen LogP contribution >= 0.6 is 12.2 Å². The number of hydrogen-bond donors (Lipinski definition) is 2. The van der Waals surface area contributed by atoms with Crippen molar-refractivity contribution in [3.63, 3.8) is 0 Å². The largest absolute Gasteiger partial charge is 0.460 e. The average molecular weight is 564 g/mol. The van der Waals surface area contributed by atoms with E-state index in [4.69, 9.17) is 12.2 Å². The maximum atomic E-state index is 13.6. The molecule has 0 spiro atoms. The highest BCUT2D eigenvalue weighted by Crippen LogP contribution is 2.60. The molecule has 0 aromatic carbocycles.